The molecule has 0 amide bonds. The molecule has 0 aliphatic heterocycles. The summed E-state index contributed by atoms with van der Waals surface area (Å²) < 4.78 is 4.95. The molecular weight excluding hydrogens is 220 g/mol. The number of esters is 1. The summed E-state index contributed by atoms with van der Waals surface area (Å²) in [6, 6.07) is 0. The van der Waals surface area contributed by atoms with Gasteiger partial charge in [-0.05, 0) is 18.8 Å². The molecule has 1 unspecified atom stereocenters. The Kier molecular flexibility index (Phi) is 9.49. The molecule has 0 bridgehead atoms. The van der Waals surface area contributed by atoms with Crippen LogP contribution in [-0.2, 0) is 9.53 Å². The van der Waals surface area contributed by atoms with Crippen LogP contribution in [-0.4, -0.2) is 11.4 Å². The van der Waals surface area contributed by atoms with Crippen LogP contribution in [0.5, 0.6) is 0 Å². The van der Waals surface area contributed by atoms with Gasteiger partial charge in [0.15, 0.2) is 0 Å². The molecule has 1 atom stereocenters. The molecule has 0 saturated heterocycles. The summed E-state index contributed by atoms with van der Waals surface area (Å²) in [5, 5.41) is 0. The van der Waals surface area contributed by atoms with Crippen molar-refractivity contribution >= 4 is 18.6 Å². The standard InChI is InChI=1S/C13H24O2S/c1-4-12(14)15-13(16)10-8-6-5-7-9-11(2)3/h4,11,13,16H,1,5-10H2,2-3H3. The second kappa shape index (κ2) is 9.76. The number of carbonyl (C=O) groups excluding carboxylic acids is 1. The maximum Gasteiger partial charge on any atom is 0.331 e. The molecule has 16 heavy (non-hydrogen) atoms. The Balaban J connectivity index is 3.30. The molecule has 94 valence electrons. The number of unbranched alkanes of at least 4 members (excludes halogenated alkanes) is 3. The van der Waals surface area contributed by atoms with Crippen LogP contribution in [0.1, 0.15) is 52.4 Å². The lowest BCUT2D eigenvalue weighted by molar-refractivity contribution is -0.139. The van der Waals surface area contributed by atoms with Crippen molar-refractivity contribution in [3.05, 3.63) is 12.7 Å². The number of rotatable bonds is 9. The zero-order valence-corrected chi connectivity index (χ0v) is 11.3. The number of ether oxygens (including phenoxy) is 1. The molecule has 0 heterocycles. The Morgan fingerprint density at radius 2 is 1.81 bits per heavy atom. The van der Waals surface area contributed by atoms with Gasteiger partial charge in [0.25, 0.3) is 0 Å². The summed E-state index contributed by atoms with van der Waals surface area (Å²) >= 11 is 4.19. The summed E-state index contributed by atoms with van der Waals surface area (Å²) in [4.78, 5) is 10.8. The van der Waals surface area contributed by atoms with Gasteiger partial charge in [-0.2, -0.15) is 0 Å². The smallest absolute Gasteiger partial charge is 0.331 e. The van der Waals surface area contributed by atoms with E-state index < -0.39 is 0 Å². The number of hydrogen-bond donors (Lipinski definition) is 1. The van der Waals surface area contributed by atoms with Crippen LogP contribution in [0.4, 0.5) is 0 Å². The van der Waals surface area contributed by atoms with Gasteiger partial charge >= 0.3 is 5.97 Å². The van der Waals surface area contributed by atoms with Gasteiger partial charge < -0.3 is 4.74 Å². The minimum absolute atomic E-state index is 0.282. The van der Waals surface area contributed by atoms with E-state index in [-0.39, 0.29) is 11.4 Å². The van der Waals surface area contributed by atoms with Crippen molar-refractivity contribution in [2.75, 3.05) is 0 Å². The van der Waals surface area contributed by atoms with E-state index in [4.69, 9.17) is 4.74 Å². The minimum Gasteiger partial charge on any atom is -0.448 e. The maximum atomic E-state index is 10.8. The first-order valence-electron chi connectivity index (χ1n) is 6.07. The van der Waals surface area contributed by atoms with Crippen LogP contribution < -0.4 is 0 Å². The maximum absolute atomic E-state index is 10.8. The fraction of sp³-hybridized carbons (Fsp3) is 0.769. The largest absolute Gasteiger partial charge is 0.448 e. The fourth-order valence-electron chi connectivity index (χ4n) is 1.47. The summed E-state index contributed by atoms with van der Waals surface area (Å²) in [5.74, 6) is 0.408. The van der Waals surface area contributed by atoms with Crippen LogP contribution in [0.15, 0.2) is 12.7 Å². The zero-order chi connectivity index (χ0) is 12.4. The van der Waals surface area contributed by atoms with Crippen LogP contribution in [0, 0.1) is 5.92 Å². The van der Waals surface area contributed by atoms with Gasteiger partial charge in [0, 0.05) is 6.08 Å². The van der Waals surface area contributed by atoms with Gasteiger partial charge in [0.2, 0.25) is 0 Å². The van der Waals surface area contributed by atoms with Gasteiger partial charge in [0.05, 0.1) is 0 Å². The molecule has 0 saturated carbocycles. The van der Waals surface area contributed by atoms with Crippen LogP contribution >= 0.6 is 12.6 Å². The molecule has 0 radical (unpaired) electrons. The van der Waals surface area contributed by atoms with E-state index in [0.29, 0.717) is 0 Å². The molecule has 0 fully saturated rings. The average molecular weight is 244 g/mol. The summed E-state index contributed by atoms with van der Waals surface area (Å²) in [5.41, 5.74) is -0.282. The third-order valence-corrected chi connectivity index (χ3v) is 2.77. The van der Waals surface area contributed by atoms with Gasteiger partial charge in [-0.25, -0.2) is 4.79 Å². The van der Waals surface area contributed by atoms with Crippen molar-refractivity contribution in [1.29, 1.82) is 0 Å². The molecule has 0 rings (SSSR count). The monoisotopic (exact) mass is 244 g/mol. The second-order valence-electron chi connectivity index (χ2n) is 4.48. The Bertz CT molecular complexity index is 202. The lowest BCUT2D eigenvalue weighted by Gasteiger charge is -2.10. The van der Waals surface area contributed by atoms with Crippen molar-refractivity contribution in [2.24, 2.45) is 5.92 Å². The highest BCUT2D eigenvalue weighted by atomic mass is 32.1. The van der Waals surface area contributed by atoms with Crippen LogP contribution in [0.3, 0.4) is 0 Å². The van der Waals surface area contributed by atoms with Crippen molar-refractivity contribution < 1.29 is 9.53 Å². The van der Waals surface area contributed by atoms with E-state index in [1.807, 2.05) is 0 Å². The van der Waals surface area contributed by atoms with E-state index >= 15 is 0 Å². The summed E-state index contributed by atoms with van der Waals surface area (Å²) in [6.45, 7) is 7.84. The molecule has 0 aromatic rings. The molecule has 0 aliphatic rings. The Morgan fingerprint density at radius 3 is 2.31 bits per heavy atom. The first-order chi connectivity index (χ1) is 7.56. The highest BCUT2D eigenvalue weighted by molar-refractivity contribution is 7.80. The van der Waals surface area contributed by atoms with E-state index in [1.54, 1.807) is 0 Å². The molecule has 0 aliphatic carbocycles. The number of hydrogen-bond acceptors (Lipinski definition) is 3. The summed E-state index contributed by atoms with van der Waals surface area (Å²) in [7, 11) is 0. The SMILES string of the molecule is C=CC(=O)OC(S)CCCCCCC(C)C. The van der Waals surface area contributed by atoms with E-state index in [1.165, 1.54) is 31.8 Å². The lowest BCUT2D eigenvalue weighted by Crippen LogP contribution is -2.10. The normalized spacial score (nSPS) is 12.5. The quantitative estimate of drug-likeness (QED) is 0.218. The molecule has 0 aromatic carbocycles. The predicted octanol–water partition coefficient (Wildman–Crippen LogP) is 3.97. The first kappa shape index (κ1) is 15.6. The average Bonchev–Trinajstić information content (AvgIpc) is 2.22. The molecule has 0 N–H and O–H groups in total. The fourth-order valence-corrected chi connectivity index (χ4v) is 1.75. The minimum atomic E-state index is -0.389. The lowest BCUT2D eigenvalue weighted by atomic mass is 10.0. The Hall–Kier alpha value is -0.440. The third-order valence-electron chi connectivity index (χ3n) is 2.40. The number of thiol groups is 1. The number of carbonyl (C=O) groups is 1. The van der Waals surface area contributed by atoms with Gasteiger partial charge in [-0.15, -0.1) is 12.6 Å². The van der Waals surface area contributed by atoms with Crippen LogP contribution in [0.25, 0.3) is 0 Å². The highest BCUT2D eigenvalue weighted by Crippen LogP contribution is 2.14. The van der Waals surface area contributed by atoms with Gasteiger partial charge in [-0.3, -0.25) is 0 Å². The topological polar surface area (TPSA) is 26.3 Å². The van der Waals surface area contributed by atoms with Crippen molar-refractivity contribution in [3.63, 3.8) is 0 Å². The van der Waals surface area contributed by atoms with E-state index in [0.717, 1.165) is 18.8 Å². The van der Waals surface area contributed by atoms with Gasteiger partial charge in [-0.1, -0.05) is 46.1 Å². The highest BCUT2D eigenvalue weighted by Gasteiger charge is 2.06. The van der Waals surface area contributed by atoms with Crippen molar-refractivity contribution in [2.45, 2.75) is 57.8 Å². The molecule has 0 aromatic heterocycles. The molecular formula is C13H24O2S. The van der Waals surface area contributed by atoms with Gasteiger partial charge in [0.1, 0.15) is 5.44 Å². The van der Waals surface area contributed by atoms with E-state index in [2.05, 4.69) is 33.1 Å². The van der Waals surface area contributed by atoms with E-state index in [9.17, 15) is 4.79 Å². The first-order valence-corrected chi connectivity index (χ1v) is 6.59. The van der Waals surface area contributed by atoms with Crippen LogP contribution in [0.2, 0.25) is 0 Å². The van der Waals surface area contributed by atoms with Crippen molar-refractivity contribution in [1.82, 2.24) is 0 Å². The zero-order valence-electron chi connectivity index (χ0n) is 10.4. The summed E-state index contributed by atoms with van der Waals surface area (Å²) in [6.07, 6.45) is 8.10. The molecule has 3 heteroatoms. The van der Waals surface area contributed by atoms with Crippen molar-refractivity contribution in [3.8, 4) is 0 Å². The second-order valence-corrected chi connectivity index (χ2v) is 5.06. The Labute approximate surface area is 105 Å². The molecule has 0 spiro atoms. The predicted molar refractivity (Wildman–Crippen MR) is 71.6 cm³/mol. The molecule has 2 nitrogen and oxygen atoms in total. The Morgan fingerprint density at radius 1 is 1.25 bits per heavy atom. The third kappa shape index (κ3) is 10.1.